The Kier molecular flexibility index (Phi) is 7.68. The number of piperidine rings is 1. The van der Waals surface area contributed by atoms with Crippen molar-refractivity contribution in [2.24, 2.45) is 5.92 Å². The van der Waals surface area contributed by atoms with Gasteiger partial charge in [-0.05, 0) is 60.6 Å². The minimum Gasteiger partial charge on any atom is -0.326 e. The lowest BCUT2D eigenvalue weighted by atomic mass is 9.98. The van der Waals surface area contributed by atoms with Crippen LogP contribution in [0.1, 0.15) is 57.1 Å². The van der Waals surface area contributed by atoms with Gasteiger partial charge in [0.15, 0.2) is 0 Å². The van der Waals surface area contributed by atoms with Crippen molar-refractivity contribution in [1.29, 1.82) is 0 Å². The van der Waals surface area contributed by atoms with E-state index in [0.717, 1.165) is 5.56 Å². The van der Waals surface area contributed by atoms with Crippen molar-refractivity contribution in [3.05, 3.63) is 52.0 Å². The molecule has 35 heavy (non-hydrogen) atoms. The van der Waals surface area contributed by atoms with Crippen LogP contribution >= 0.6 is 15.9 Å². The average Bonchev–Trinajstić information content (AvgIpc) is 3.27. The highest BCUT2D eigenvalue weighted by Gasteiger charge is 2.38. The number of anilines is 2. The predicted molar refractivity (Wildman–Crippen MR) is 141 cm³/mol. The van der Waals surface area contributed by atoms with Gasteiger partial charge >= 0.3 is 0 Å². The van der Waals surface area contributed by atoms with E-state index in [9.17, 15) is 18.0 Å². The van der Waals surface area contributed by atoms with E-state index in [4.69, 9.17) is 0 Å². The zero-order chi connectivity index (χ0) is 25.3. The standard InChI is InChI=1S/C26H32BrN3O4S/c1-4-24(31)30-13-11-19-14-21(27)15-23(25(19)30)35(33,34)29-12-5-6-20(16-29)26(32)28-22-9-7-18(8-10-22)17(2)3/h7-10,14-15,17,20H,4-6,11-13,16H2,1-3H3,(H,28,32)/t20-/m1/s1. The molecule has 0 bridgehead atoms. The molecule has 2 aliphatic heterocycles. The van der Waals surface area contributed by atoms with Gasteiger partial charge in [-0.3, -0.25) is 9.59 Å². The van der Waals surface area contributed by atoms with Gasteiger partial charge in [-0.15, -0.1) is 0 Å². The van der Waals surface area contributed by atoms with Crippen molar-refractivity contribution in [2.75, 3.05) is 29.9 Å². The Labute approximate surface area is 216 Å². The van der Waals surface area contributed by atoms with Gasteiger partial charge in [0, 0.05) is 36.2 Å². The number of sulfonamides is 1. The molecule has 0 aliphatic carbocycles. The quantitative estimate of drug-likeness (QED) is 0.542. The predicted octanol–water partition coefficient (Wildman–Crippen LogP) is 4.91. The van der Waals surface area contributed by atoms with Gasteiger partial charge in [-0.1, -0.05) is 48.8 Å². The fraction of sp³-hybridized carbons (Fsp3) is 0.462. The van der Waals surface area contributed by atoms with Gasteiger partial charge < -0.3 is 10.2 Å². The topological polar surface area (TPSA) is 86.8 Å². The van der Waals surface area contributed by atoms with Crippen LogP contribution in [0.25, 0.3) is 0 Å². The minimum atomic E-state index is -3.91. The largest absolute Gasteiger partial charge is 0.326 e. The van der Waals surface area contributed by atoms with Crippen molar-refractivity contribution in [2.45, 2.75) is 57.3 Å². The SMILES string of the molecule is CCC(=O)N1CCc2cc(Br)cc(S(=O)(=O)N3CCC[C@@H](C(=O)Nc4ccc(C(C)C)cc4)C3)c21. The number of carbonyl (C=O) groups is 2. The molecule has 1 atom stereocenters. The van der Waals surface area contributed by atoms with Crippen LogP contribution in [0.4, 0.5) is 11.4 Å². The van der Waals surface area contributed by atoms with E-state index in [-0.39, 0.29) is 23.3 Å². The molecule has 1 fully saturated rings. The maximum absolute atomic E-state index is 13.8. The molecule has 0 spiro atoms. The third-order valence-corrected chi connectivity index (χ3v) is 9.15. The summed E-state index contributed by atoms with van der Waals surface area (Å²) in [6, 6.07) is 11.2. The van der Waals surface area contributed by atoms with Crippen molar-refractivity contribution in [3.8, 4) is 0 Å². The number of fused-ring (bicyclic) bond motifs is 1. The number of rotatable bonds is 6. The molecule has 9 heteroatoms. The first kappa shape index (κ1) is 25.9. The van der Waals surface area contributed by atoms with E-state index in [1.165, 1.54) is 9.87 Å². The monoisotopic (exact) mass is 561 g/mol. The summed E-state index contributed by atoms with van der Waals surface area (Å²) in [6.07, 6.45) is 2.14. The second kappa shape index (κ2) is 10.4. The lowest BCUT2D eigenvalue weighted by molar-refractivity contribution is -0.121. The summed E-state index contributed by atoms with van der Waals surface area (Å²) in [5.41, 5.74) is 3.22. The molecule has 0 saturated carbocycles. The molecule has 0 radical (unpaired) electrons. The molecule has 2 aromatic rings. The number of halogens is 1. The molecule has 2 aliphatic rings. The summed E-state index contributed by atoms with van der Waals surface area (Å²) in [6.45, 7) is 6.93. The third-order valence-electron chi connectivity index (χ3n) is 6.81. The Hall–Kier alpha value is -2.23. The Morgan fingerprint density at radius 2 is 1.86 bits per heavy atom. The van der Waals surface area contributed by atoms with Gasteiger partial charge in [0.05, 0.1) is 11.6 Å². The molecule has 188 valence electrons. The van der Waals surface area contributed by atoms with Crippen LogP contribution in [0.3, 0.4) is 0 Å². The summed E-state index contributed by atoms with van der Waals surface area (Å²) in [5, 5.41) is 2.95. The maximum atomic E-state index is 13.8. The normalized spacial score (nSPS) is 18.5. The highest BCUT2D eigenvalue weighted by molar-refractivity contribution is 9.10. The van der Waals surface area contributed by atoms with E-state index < -0.39 is 15.9 Å². The molecule has 1 saturated heterocycles. The van der Waals surface area contributed by atoms with Crippen LogP contribution in [-0.2, 0) is 26.0 Å². The lowest BCUT2D eigenvalue weighted by Crippen LogP contribution is -2.44. The molecular weight excluding hydrogens is 530 g/mol. The summed E-state index contributed by atoms with van der Waals surface area (Å²) >= 11 is 3.44. The maximum Gasteiger partial charge on any atom is 0.245 e. The molecule has 2 heterocycles. The van der Waals surface area contributed by atoms with Crippen LogP contribution in [0.5, 0.6) is 0 Å². The van der Waals surface area contributed by atoms with E-state index >= 15 is 0 Å². The first-order valence-corrected chi connectivity index (χ1v) is 14.4. The van der Waals surface area contributed by atoms with Gasteiger partial charge in [0.25, 0.3) is 0 Å². The smallest absolute Gasteiger partial charge is 0.245 e. The molecule has 4 rings (SSSR count). The van der Waals surface area contributed by atoms with Crippen molar-refractivity contribution in [3.63, 3.8) is 0 Å². The van der Waals surface area contributed by atoms with Crippen LogP contribution in [0.15, 0.2) is 45.8 Å². The summed E-state index contributed by atoms with van der Waals surface area (Å²) in [5.74, 6) is -0.317. The molecule has 0 unspecified atom stereocenters. The fourth-order valence-corrected chi connectivity index (χ4v) is 7.26. The number of nitrogens with zero attached hydrogens (tertiary/aromatic N) is 2. The number of benzene rings is 2. The summed E-state index contributed by atoms with van der Waals surface area (Å²) in [7, 11) is -3.91. The first-order valence-electron chi connectivity index (χ1n) is 12.2. The van der Waals surface area contributed by atoms with Crippen molar-refractivity contribution in [1.82, 2.24) is 4.31 Å². The molecule has 7 nitrogen and oxygen atoms in total. The van der Waals surface area contributed by atoms with Crippen LogP contribution < -0.4 is 10.2 Å². The number of carbonyl (C=O) groups excluding carboxylic acids is 2. The summed E-state index contributed by atoms with van der Waals surface area (Å²) < 4.78 is 29.7. The second-order valence-electron chi connectivity index (χ2n) is 9.53. The third kappa shape index (κ3) is 5.32. The average molecular weight is 563 g/mol. The van der Waals surface area contributed by atoms with Crippen LogP contribution in [0, 0.1) is 5.92 Å². The zero-order valence-electron chi connectivity index (χ0n) is 20.4. The van der Waals surface area contributed by atoms with Crippen LogP contribution in [-0.4, -0.2) is 44.2 Å². The lowest BCUT2D eigenvalue weighted by Gasteiger charge is -2.32. The van der Waals surface area contributed by atoms with E-state index in [0.29, 0.717) is 60.5 Å². The molecule has 0 aromatic heterocycles. The van der Waals surface area contributed by atoms with Gasteiger partial charge in [-0.2, -0.15) is 4.31 Å². The summed E-state index contributed by atoms with van der Waals surface area (Å²) in [4.78, 5) is 27.3. The highest BCUT2D eigenvalue weighted by Crippen LogP contribution is 2.40. The van der Waals surface area contributed by atoms with Crippen molar-refractivity contribution >= 4 is 49.1 Å². The van der Waals surface area contributed by atoms with Gasteiger partial charge in [0.1, 0.15) is 4.90 Å². The first-order chi connectivity index (χ1) is 16.6. The van der Waals surface area contributed by atoms with Gasteiger partial charge in [-0.25, -0.2) is 8.42 Å². The minimum absolute atomic E-state index is 0.0955. The molecule has 2 amide bonds. The van der Waals surface area contributed by atoms with E-state index in [1.54, 1.807) is 17.9 Å². The Bertz CT molecular complexity index is 1230. The number of hydrogen-bond acceptors (Lipinski definition) is 4. The molecule has 1 N–H and O–H groups in total. The molecular formula is C26H32BrN3O4S. The highest BCUT2D eigenvalue weighted by atomic mass is 79.9. The van der Waals surface area contributed by atoms with Gasteiger partial charge in [0.2, 0.25) is 21.8 Å². The fourth-order valence-electron chi connectivity index (χ4n) is 4.82. The van der Waals surface area contributed by atoms with Crippen LogP contribution in [0.2, 0.25) is 0 Å². The second-order valence-corrected chi connectivity index (χ2v) is 12.4. The number of hydrogen-bond donors (Lipinski definition) is 1. The number of amides is 2. The van der Waals surface area contributed by atoms with E-state index in [2.05, 4.69) is 35.1 Å². The Balaban J connectivity index is 1.56. The molecule has 2 aromatic carbocycles. The Morgan fingerprint density at radius 1 is 1.14 bits per heavy atom. The zero-order valence-corrected chi connectivity index (χ0v) is 22.8. The van der Waals surface area contributed by atoms with Crippen molar-refractivity contribution < 1.29 is 18.0 Å². The van der Waals surface area contributed by atoms with E-state index in [1.807, 2.05) is 30.3 Å². The number of nitrogens with one attached hydrogen (secondary N) is 1. The Morgan fingerprint density at radius 3 is 2.51 bits per heavy atom.